The second-order valence-electron chi connectivity index (χ2n) is 4.37. The number of halogens is 1. The highest BCUT2D eigenvalue weighted by atomic mass is 32.2. The van der Waals surface area contributed by atoms with Gasteiger partial charge in [-0.1, -0.05) is 0 Å². The highest BCUT2D eigenvalue weighted by molar-refractivity contribution is 8.00. The fourth-order valence-corrected chi connectivity index (χ4v) is 2.47. The first-order chi connectivity index (χ1) is 8.60. The molecule has 0 saturated heterocycles. The van der Waals surface area contributed by atoms with Gasteiger partial charge < -0.3 is 10.6 Å². The average molecular weight is 269 g/mol. The molecule has 0 unspecified atom stereocenters. The summed E-state index contributed by atoms with van der Waals surface area (Å²) in [4.78, 5) is 15.8. The molecule has 1 aliphatic carbocycles. The predicted molar refractivity (Wildman–Crippen MR) is 71.6 cm³/mol. The van der Waals surface area contributed by atoms with Gasteiger partial charge in [0.15, 0.2) is 0 Å². The third-order valence-corrected chi connectivity index (χ3v) is 4.57. The third-order valence-electron chi connectivity index (χ3n) is 3.15. The van der Waals surface area contributed by atoms with E-state index in [1.807, 2.05) is 6.26 Å². The smallest absolute Gasteiger partial charge is 0.255 e. The number of thioether (sulfide) groups is 1. The van der Waals surface area contributed by atoms with Crippen molar-refractivity contribution in [3.63, 3.8) is 0 Å². The second-order valence-corrected chi connectivity index (χ2v) is 5.64. The molecule has 1 amide bonds. The Bertz CT molecular complexity index is 463. The molecule has 0 aliphatic heterocycles. The van der Waals surface area contributed by atoms with Crippen molar-refractivity contribution in [3.8, 4) is 0 Å². The van der Waals surface area contributed by atoms with Gasteiger partial charge in [-0.15, -0.1) is 0 Å². The molecule has 1 aliphatic rings. The summed E-state index contributed by atoms with van der Waals surface area (Å²) in [7, 11) is 1.65. The lowest BCUT2D eigenvalue weighted by molar-refractivity contribution is 0.0953. The SMILES string of the molecule is CNc1ncc(F)cc1C(=O)NCC1(SC)CC1. The summed E-state index contributed by atoms with van der Waals surface area (Å²) in [6, 6.07) is 1.20. The number of nitrogens with one attached hydrogen (secondary N) is 2. The normalized spacial score (nSPS) is 16.2. The molecule has 98 valence electrons. The maximum atomic E-state index is 13.1. The quantitative estimate of drug-likeness (QED) is 0.857. The van der Waals surface area contributed by atoms with Gasteiger partial charge >= 0.3 is 0 Å². The van der Waals surface area contributed by atoms with Gasteiger partial charge in [0.05, 0.1) is 11.8 Å². The lowest BCUT2D eigenvalue weighted by Crippen LogP contribution is -2.32. The lowest BCUT2D eigenvalue weighted by atomic mass is 10.2. The molecule has 18 heavy (non-hydrogen) atoms. The maximum absolute atomic E-state index is 13.1. The molecular formula is C12H16FN3OS. The monoisotopic (exact) mass is 269 g/mol. The molecule has 1 heterocycles. The number of carbonyl (C=O) groups is 1. The molecule has 1 fully saturated rings. The molecule has 1 aromatic rings. The highest BCUT2D eigenvalue weighted by Crippen LogP contribution is 2.46. The Morgan fingerprint density at radius 1 is 1.61 bits per heavy atom. The molecule has 4 nitrogen and oxygen atoms in total. The van der Waals surface area contributed by atoms with Gasteiger partial charge in [-0.05, 0) is 25.2 Å². The van der Waals surface area contributed by atoms with E-state index in [-0.39, 0.29) is 16.2 Å². The van der Waals surface area contributed by atoms with Gasteiger partial charge in [-0.25, -0.2) is 9.37 Å². The van der Waals surface area contributed by atoms with E-state index in [1.165, 1.54) is 6.07 Å². The fourth-order valence-electron chi connectivity index (χ4n) is 1.74. The predicted octanol–water partition coefficient (Wildman–Crippen LogP) is 1.89. The van der Waals surface area contributed by atoms with Crippen LogP contribution in [-0.4, -0.2) is 35.5 Å². The standard InChI is InChI=1S/C12H16FN3OS/c1-14-10-9(5-8(13)6-15-10)11(17)16-7-12(18-2)3-4-12/h5-6H,3-4,7H2,1-2H3,(H,14,15)(H,16,17). The van der Waals surface area contributed by atoms with E-state index in [0.717, 1.165) is 19.0 Å². The molecule has 6 heteroatoms. The van der Waals surface area contributed by atoms with Crippen molar-refractivity contribution >= 4 is 23.5 Å². The molecule has 2 rings (SSSR count). The Balaban J connectivity index is 2.06. The van der Waals surface area contributed by atoms with Gasteiger partial charge in [0, 0.05) is 18.3 Å². The lowest BCUT2D eigenvalue weighted by Gasteiger charge is -2.14. The number of amides is 1. The number of anilines is 1. The summed E-state index contributed by atoms with van der Waals surface area (Å²) in [5, 5.41) is 5.63. The molecule has 0 radical (unpaired) electrons. The zero-order valence-electron chi connectivity index (χ0n) is 10.4. The molecule has 0 bridgehead atoms. The van der Waals surface area contributed by atoms with Gasteiger partial charge in [0.1, 0.15) is 11.6 Å². The van der Waals surface area contributed by atoms with Crippen LogP contribution in [-0.2, 0) is 0 Å². The van der Waals surface area contributed by atoms with Crippen molar-refractivity contribution in [3.05, 3.63) is 23.6 Å². The molecule has 0 aromatic carbocycles. The van der Waals surface area contributed by atoms with Crippen LogP contribution >= 0.6 is 11.8 Å². The fraction of sp³-hybridized carbons (Fsp3) is 0.500. The summed E-state index contributed by atoms with van der Waals surface area (Å²) in [5.74, 6) is -0.403. The second kappa shape index (κ2) is 5.14. The third kappa shape index (κ3) is 2.75. The van der Waals surface area contributed by atoms with Crippen LogP contribution in [0.4, 0.5) is 10.2 Å². The Labute approximate surface area is 110 Å². The summed E-state index contributed by atoms with van der Waals surface area (Å²) < 4.78 is 13.3. The minimum Gasteiger partial charge on any atom is -0.372 e. The van der Waals surface area contributed by atoms with Crippen LogP contribution in [0, 0.1) is 5.82 Å². The number of nitrogens with zero attached hydrogens (tertiary/aromatic N) is 1. The summed E-state index contributed by atoms with van der Waals surface area (Å²) >= 11 is 1.77. The molecule has 1 saturated carbocycles. The topological polar surface area (TPSA) is 54.0 Å². The van der Waals surface area contributed by atoms with Crippen LogP contribution in [0.3, 0.4) is 0 Å². The van der Waals surface area contributed by atoms with Crippen molar-refractivity contribution < 1.29 is 9.18 Å². The van der Waals surface area contributed by atoms with Crippen LogP contribution in [0.15, 0.2) is 12.3 Å². The number of pyridine rings is 1. The first-order valence-electron chi connectivity index (χ1n) is 5.77. The summed E-state index contributed by atoms with van der Waals surface area (Å²) in [5.41, 5.74) is 0.245. The van der Waals surface area contributed by atoms with Crippen molar-refractivity contribution in [2.45, 2.75) is 17.6 Å². The first-order valence-corrected chi connectivity index (χ1v) is 6.99. The average Bonchev–Trinajstić information content (AvgIpc) is 3.16. The van der Waals surface area contributed by atoms with Crippen molar-refractivity contribution in [1.29, 1.82) is 0 Å². The Hall–Kier alpha value is -1.30. The van der Waals surface area contributed by atoms with E-state index in [1.54, 1.807) is 18.8 Å². The first kappa shape index (κ1) is 13.1. The summed E-state index contributed by atoms with van der Waals surface area (Å²) in [6.45, 7) is 0.618. The van der Waals surface area contributed by atoms with Crippen LogP contribution < -0.4 is 10.6 Å². The van der Waals surface area contributed by atoms with Gasteiger partial charge in [0.25, 0.3) is 5.91 Å². The molecule has 2 N–H and O–H groups in total. The van der Waals surface area contributed by atoms with E-state index in [4.69, 9.17) is 0 Å². The zero-order chi connectivity index (χ0) is 13.2. The molecule has 0 atom stereocenters. The van der Waals surface area contributed by atoms with E-state index in [2.05, 4.69) is 15.6 Å². The Morgan fingerprint density at radius 3 is 2.89 bits per heavy atom. The van der Waals surface area contributed by atoms with Crippen molar-refractivity contribution in [2.24, 2.45) is 0 Å². The van der Waals surface area contributed by atoms with E-state index >= 15 is 0 Å². The maximum Gasteiger partial charge on any atom is 0.255 e. The highest BCUT2D eigenvalue weighted by Gasteiger charge is 2.42. The molecule has 1 aromatic heterocycles. The largest absolute Gasteiger partial charge is 0.372 e. The van der Waals surface area contributed by atoms with E-state index < -0.39 is 5.82 Å². The van der Waals surface area contributed by atoms with Gasteiger partial charge in [0.2, 0.25) is 0 Å². The van der Waals surface area contributed by atoms with Crippen LogP contribution in [0.1, 0.15) is 23.2 Å². The number of aromatic nitrogens is 1. The number of carbonyl (C=O) groups excluding carboxylic acids is 1. The molecule has 0 spiro atoms. The van der Waals surface area contributed by atoms with Gasteiger partial charge in [-0.3, -0.25) is 4.79 Å². The minimum absolute atomic E-state index is 0.191. The molecular weight excluding hydrogens is 253 g/mol. The van der Waals surface area contributed by atoms with Crippen LogP contribution in [0.25, 0.3) is 0 Å². The van der Waals surface area contributed by atoms with Crippen LogP contribution in [0.2, 0.25) is 0 Å². The number of rotatable bonds is 5. The summed E-state index contributed by atoms with van der Waals surface area (Å²) in [6.07, 6.45) is 5.37. The van der Waals surface area contributed by atoms with Crippen molar-refractivity contribution in [1.82, 2.24) is 10.3 Å². The number of hydrogen-bond acceptors (Lipinski definition) is 4. The Kier molecular flexibility index (Phi) is 3.75. The van der Waals surface area contributed by atoms with Gasteiger partial charge in [-0.2, -0.15) is 11.8 Å². The minimum atomic E-state index is -0.509. The Morgan fingerprint density at radius 2 is 2.33 bits per heavy atom. The zero-order valence-corrected chi connectivity index (χ0v) is 11.2. The van der Waals surface area contributed by atoms with Crippen LogP contribution in [0.5, 0.6) is 0 Å². The van der Waals surface area contributed by atoms with E-state index in [0.29, 0.717) is 12.4 Å². The van der Waals surface area contributed by atoms with Crippen molar-refractivity contribution in [2.75, 3.05) is 25.2 Å². The number of hydrogen-bond donors (Lipinski definition) is 2. The van der Waals surface area contributed by atoms with E-state index in [9.17, 15) is 9.18 Å².